The summed E-state index contributed by atoms with van der Waals surface area (Å²) in [5.74, 6) is -0.306. The molecule has 0 radical (unpaired) electrons. The van der Waals surface area contributed by atoms with E-state index in [0.717, 1.165) is 30.6 Å². The van der Waals surface area contributed by atoms with E-state index in [0.29, 0.717) is 0 Å². The predicted molar refractivity (Wildman–Crippen MR) is 73.2 cm³/mol. The minimum absolute atomic E-state index is 0.0877. The maximum Gasteiger partial charge on any atom is 0.141 e. The minimum atomic E-state index is -0.306. The third-order valence-electron chi connectivity index (χ3n) is 2.91. The molecule has 0 aliphatic carbocycles. The summed E-state index contributed by atoms with van der Waals surface area (Å²) in [6.07, 6.45) is 6.72. The van der Waals surface area contributed by atoms with Crippen molar-refractivity contribution in [3.63, 3.8) is 0 Å². The van der Waals surface area contributed by atoms with Crippen LogP contribution in [0.25, 0.3) is 0 Å². The van der Waals surface area contributed by atoms with Crippen LogP contribution in [0.15, 0.2) is 42.9 Å². The third-order valence-corrected chi connectivity index (χ3v) is 2.91. The van der Waals surface area contributed by atoms with Crippen LogP contribution in [0.3, 0.4) is 0 Å². The van der Waals surface area contributed by atoms with Crippen molar-refractivity contribution in [1.82, 2.24) is 15.3 Å². The quantitative estimate of drug-likeness (QED) is 0.866. The van der Waals surface area contributed by atoms with E-state index in [4.69, 9.17) is 0 Å². The fourth-order valence-electron chi connectivity index (χ4n) is 1.95. The number of hydrogen-bond donors (Lipinski definition) is 1. The van der Waals surface area contributed by atoms with E-state index in [2.05, 4.69) is 22.2 Å². The minimum Gasteiger partial charge on any atom is -0.308 e. The van der Waals surface area contributed by atoms with Crippen LogP contribution in [0, 0.1) is 5.82 Å². The maximum absolute atomic E-state index is 12.9. The molecule has 0 aliphatic rings. The van der Waals surface area contributed by atoms with Gasteiger partial charge in [0, 0.05) is 12.4 Å². The van der Waals surface area contributed by atoms with Crippen LogP contribution in [0.5, 0.6) is 0 Å². The van der Waals surface area contributed by atoms with Crippen LogP contribution >= 0.6 is 0 Å². The molecule has 4 heteroatoms. The van der Waals surface area contributed by atoms with Gasteiger partial charge in [-0.15, -0.1) is 0 Å². The Morgan fingerprint density at radius 2 is 2.16 bits per heavy atom. The van der Waals surface area contributed by atoms with Crippen molar-refractivity contribution in [2.75, 3.05) is 6.54 Å². The highest BCUT2D eigenvalue weighted by Gasteiger charge is 2.13. The van der Waals surface area contributed by atoms with Gasteiger partial charge in [0.1, 0.15) is 5.82 Å². The normalized spacial score (nSPS) is 12.3. The van der Waals surface area contributed by atoms with Crippen LogP contribution < -0.4 is 5.32 Å². The van der Waals surface area contributed by atoms with Gasteiger partial charge in [-0.2, -0.15) is 0 Å². The molecule has 0 bridgehead atoms. The van der Waals surface area contributed by atoms with Crippen molar-refractivity contribution >= 4 is 0 Å². The molecule has 3 nitrogen and oxygen atoms in total. The predicted octanol–water partition coefficient (Wildman–Crippen LogP) is 2.90. The van der Waals surface area contributed by atoms with Gasteiger partial charge in [-0.3, -0.25) is 9.97 Å². The fraction of sp³-hybridized carbons (Fsp3) is 0.333. The van der Waals surface area contributed by atoms with Crippen LogP contribution in [-0.4, -0.2) is 16.5 Å². The molecule has 0 saturated heterocycles. The highest BCUT2D eigenvalue weighted by Crippen LogP contribution is 2.16. The van der Waals surface area contributed by atoms with E-state index >= 15 is 0 Å². The van der Waals surface area contributed by atoms with Gasteiger partial charge < -0.3 is 5.32 Å². The summed E-state index contributed by atoms with van der Waals surface area (Å²) in [5, 5.41) is 3.44. The van der Waals surface area contributed by atoms with E-state index in [1.165, 1.54) is 12.3 Å². The second-order valence-corrected chi connectivity index (χ2v) is 4.47. The summed E-state index contributed by atoms with van der Waals surface area (Å²) in [7, 11) is 0. The Morgan fingerprint density at radius 1 is 1.26 bits per heavy atom. The summed E-state index contributed by atoms with van der Waals surface area (Å²) in [5.41, 5.74) is 2.00. The molecule has 100 valence electrons. The maximum atomic E-state index is 12.9. The molecule has 1 atom stereocenters. The second-order valence-electron chi connectivity index (χ2n) is 4.47. The van der Waals surface area contributed by atoms with Crippen molar-refractivity contribution in [2.24, 2.45) is 0 Å². The van der Waals surface area contributed by atoms with Crippen molar-refractivity contribution in [3.8, 4) is 0 Å². The van der Waals surface area contributed by atoms with Gasteiger partial charge in [0.05, 0.1) is 17.9 Å². The number of halogens is 1. The highest BCUT2D eigenvalue weighted by atomic mass is 19.1. The highest BCUT2D eigenvalue weighted by molar-refractivity contribution is 5.16. The summed E-state index contributed by atoms with van der Waals surface area (Å²) in [4.78, 5) is 8.29. The number of pyridine rings is 2. The molecule has 1 unspecified atom stereocenters. The van der Waals surface area contributed by atoms with Gasteiger partial charge in [-0.25, -0.2) is 4.39 Å². The summed E-state index contributed by atoms with van der Waals surface area (Å²) in [6.45, 7) is 3.02. The third kappa shape index (κ3) is 4.10. The zero-order valence-electron chi connectivity index (χ0n) is 11.0. The summed E-state index contributed by atoms with van der Waals surface area (Å²) in [6, 6.07) is 7.23. The summed E-state index contributed by atoms with van der Waals surface area (Å²) < 4.78 is 12.9. The van der Waals surface area contributed by atoms with Crippen LogP contribution in [0.2, 0.25) is 0 Å². The van der Waals surface area contributed by atoms with Gasteiger partial charge in [-0.1, -0.05) is 13.0 Å². The van der Waals surface area contributed by atoms with Gasteiger partial charge in [0.15, 0.2) is 0 Å². The van der Waals surface area contributed by atoms with Gasteiger partial charge in [0.2, 0.25) is 0 Å². The lowest BCUT2D eigenvalue weighted by Gasteiger charge is -2.18. The molecule has 2 aromatic heterocycles. The lowest BCUT2D eigenvalue weighted by molar-refractivity contribution is 0.514. The van der Waals surface area contributed by atoms with E-state index in [9.17, 15) is 4.39 Å². The Labute approximate surface area is 112 Å². The number of nitrogens with zero attached hydrogens (tertiary/aromatic N) is 2. The Hall–Kier alpha value is -1.81. The molecular formula is C15H18FN3. The number of aromatic nitrogens is 2. The average molecular weight is 259 g/mol. The van der Waals surface area contributed by atoms with Crippen LogP contribution in [0.4, 0.5) is 4.39 Å². The van der Waals surface area contributed by atoms with E-state index in [-0.39, 0.29) is 11.9 Å². The number of nitrogens with one attached hydrogen (secondary N) is 1. The molecule has 0 fully saturated rings. The van der Waals surface area contributed by atoms with Crippen LogP contribution in [-0.2, 0) is 6.42 Å². The Balaban J connectivity index is 2.13. The zero-order valence-corrected chi connectivity index (χ0v) is 11.0. The molecule has 2 rings (SSSR count). The molecule has 0 aromatic carbocycles. The molecular weight excluding hydrogens is 241 g/mol. The lowest BCUT2D eigenvalue weighted by Crippen LogP contribution is -2.25. The van der Waals surface area contributed by atoms with Crippen molar-refractivity contribution in [1.29, 1.82) is 0 Å². The molecule has 2 aromatic rings. The smallest absolute Gasteiger partial charge is 0.141 e. The second kappa shape index (κ2) is 6.95. The zero-order chi connectivity index (χ0) is 13.5. The largest absolute Gasteiger partial charge is 0.308 e. The molecule has 19 heavy (non-hydrogen) atoms. The average Bonchev–Trinajstić information content (AvgIpc) is 2.45. The van der Waals surface area contributed by atoms with E-state index < -0.39 is 0 Å². The molecule has 2 heterocycles. The van der Waals surface area contributed by atoms with Crippen molar-refractivity contribution in [2.45, 2.75) is 25.8 Å². The fourth-order valence-corrected chi connectivity index (χ4v) is 1.95. The monoisotopic (exact) mass is 259 g/mol. The van der Waals surface area contributed by atoms with Gasteiger partial charge >= 0.3 is 0 Å². The Bertz CT molecular complexity index is 485. The SMILES string of the molecule is CCCNC(Cc1cccnc1)c1ccc(F)cn1. The molecule has 0 saturated carbocycles. The van der Waals surface area contributed by atoms with E-state index in [1.54, 1.807) is 12.3 Å². The first kappa shape index (κ1) is 13.6. The van der Waals surface area contributed by atoms with Gasteiger partial charge in [0.25, 0.3) is 0 Å². The summed E-state index contributed by atoms with van der Waals surface area (Å²) >= 11 is 0. The molecule has 0 spiro atoms. The van der Waals surface area contributed by atoms with Gasteiger partial charge in [-0.05, 0) is 43.1 Å². The molecule has 1 N–H and O–H groups in total. The Kier molecular flexibility index (Phi) is 4.98. The number of hydrogen-bond acceptors (Lipinski definition) is 3. The number of rotatable bonds is 6. The standard InChI is InChI=1S/C15H18FN3/c1-2-7-18-15(9-12-4-3-8-17-10-12)14-6-5-13(16)11-19-14/h3-6,8,10-11,15,18H,2,7,9H2,1H3. The van der Waals surface area contributed by atoms with Crippen molar-refractivity contribution in [3.05, 3.63) is 59.9 Å². The van der Waals surface area contributed by atoms with Crippen molar-refractivity contribution < 1.29 is 4.39 Å². The topological polar surface area (TPSA) is 37.8 Å². The molecule has 0 aliphatic heterocycles. The molecule has 0 amide bonds. The first-order chi connectivity index (χ1) is 9.29. The first-order valence-electron chi connectivity index (χ1n) is 6.53. The van der Waals surface area contributed by atoms with Crippen LogP contribution in [0.1, 0.15) is 30.6 Å². The van der Waals surface area contributed by atoms with E-state index in [1.807, 2.05) is 18.3 Å². The lowest BCUT2D eigenvalue weighted by atomic mass is 10.0. The Morgan fingerprint density at radius 3 is 2.79 bits per heavy atom. The first-order valence-corrected chi connectivity index (χ1v) is 6.53.